The molecule has 2 rings (SSSR count). The summed E-state index contributed by atoms with van der Waals surface area (Å²) in [5.74, 6) is -2.19. The molecule has 1 aliphatic heterocycles. The summed E-state index contributed by atoms with van der Waals surface area (Å²) in [5.41, 5.74) is 6.14. The van der Waals surface area contributed by atoms with Crippen LogP contribution in [-0.2, 0) is 33.4 Å². The van der Waals surface area contributed by atoms with Gasteiger partial charge in [-0.2, -0.15) is 0 Å². The van der Waals surface area contributed by atoms with Crippen molar-refractivity contribution in [2.24, 2.45) is 5.73 Å². The van der Waals surface area contributed by atoms with Crippen molar-refractivity contribution in [3.63, 3.8) is 0 Å². The molecule has 4 N–H and O–H groups in total. The SMILES string of the molecule is CC.CO[C@@H]1CC/C=C(\C)[C@H](OC(N)=O)[C@@H](OC)/C=C\C=C(/C)C(=O)NC2=CC(=O)C(NC(C)=O)=C(CCC1)C2=O. The molecule has 0 fully saturated rings. The zero-order valence-corrected chi connectivity index (χ0v) is 25.0. The van der Waals surface area contributed by atoms with E-state index in [-0.39, 0.29) is 35.1 Å². The Morgan fingerprint density at radius 3 is 2.34 bits per heavy atom. The molecule has 11 nitrogen and oxygen atoms in total. The Kier molecular flexibility index (Phi) is 15.3. The van der Waals surface area contributed by atoms with E-state index in [4.69, 9.17) is 19.9 Å². The Morgan fingerprint density at radius 2 is 1.76 bits per heavy atom. The fraction of sp³-hybridized carbons (Fsp3) is 0.500. The number of ether oxygens (including phenoxy) is 3. The van der Waals surface area contributed by atoms with Crippen LogP contribution in [0.15, 0.2) is 58.5 Å². The third kappa shape index (κ3) is 10.9. The molecule has 2 aliphatic rings. The van der Waals surface area contributed by atoms with Crippen LogP contribution in [0.2, 0.25) is 0 Å². The number of carbonyl (C=O) groups is 5. The van der Waals surface area contributed by atoms with E-state index in [1.165, 1.54) is 27.0 Å². The predicted octanol–water partition coefficient (Wildman–Crippen LogP) is 3.46. The second kappa shape index (κ2) is 17.8. The Bertz CT molecular complexity index is 1150. The van der Waals surface area contributed by atoms with Gasteiger partial charge in [0.25, 0.3) is 5.91 Å². The molecule has 0 unspecified atom stereocenters. The molecule has 11 heteroatoms. The number of hydrogen-bond acceptors (Lipinski definition) is 8. The number of hydrogen-bond donors (Lipinski definition) is 3. The Labute approximate surface area is 241 Å². The molecule has 0 aromatic carbocycles. The van der Waals surface area contributed by atoms with Crippen LogP contribution in [0.5, 0.6) is 0 Å². The molecular weight excluding hydrogens is 530 g/mol. The smallest absolute Gasteiger partial charge is 0.405 e. The van der Waals surface area contributed by atoms with Gasteiger partial charge in [0.15, 0.2) is 6.10 Å². The van der Waals surface area contributed by atoms with Crippen LogP contribution < -0.4 is 16.4 Å². The van der Waals surface area contributed by atoms with Crippen molar-refractivity contribution < 1.29 is 38.2 Å². The molecule has 0 radical (unpaired) electrons. The van der Waals surface area contributed by atoms with Crippen LogP contribution in [0.1, 0.15) is 66.7 Å². The van der Waals surface area contributed by atoms with Gasteiger partial charge in [0.05, 0.1) is 17.5 Å². The number of nitrogens with two attached hydrogens (primary N) is 1. The standard InChI is InChI=1S/C28H37N3O8.C2H6/c1-16-9-6-11-19(37-4)12-8-13-20-24(30-18(3)32)22(33)15-21(25(20)34)31-27(35)17(2)10-7-14-23(38-5)26(16)39-28(29)36;1-2/h7,9-10,14-15,19,23,26H,6,8,11-13H2,1-5H3,(H2,29,36)(H,30,32)(H,31,35);1-2H3/b14-7-,16-9+,17-10+;/t19-,23+,26+;/m1./s1. The minimum absolute atomic E-state index is 0.0785. The van der Waals surface area contributed by atoms with Gasteiger partial charge < -0.3 is 30.6 Å². The average Bonchev–Trinajstić information content (AvgIpc) is 2.93. The van der Waals surface area contributed by atoms with Crippen LogP contribution >= 0.6 is 0 Å². The molecular formula is C30H43N3O8. The van der Waals surface area contributed by atoms with Crippen molar-refractivity contribution in [2.75, 3.05) is 14.2 Å². The molecule has 41 heavy (non-hydrogen) atoms. The highest BCUT2D eigenvalue weighted by atomic mass is 16.6. The van der Waals surface area contributed by atoms with E-state index >= 15 is 0 Å². The van der Waals surface area contributed by atoms with E-state index in [2.05, 4.69) is 10.6 Å². The Hall–Kier alpha value is -3.83. The molecule has 226 valence electrons. The lowest BCUT2D eigenvalue weighted by atomic mass is 9.91. The number of ketones is 2. The minimum atomic E-state index is -0.950. The lowest BCUT2D eigenvalue weighted by Crippen LogP contribution is -2.36. The monoisotopic (exact) mass is 573 g/mol. The van der Waals surface area contributed by atoms with E-state index < -0.39 is 41.7 Å². The van der Waals surface area contributed by atoms with Crippen molar-refractivity contribution in [2.45, 2.75) is 85.0 Å². The normalized spacial score (nSPS) is 26.2. The molecule has 0 saturated carbocycles. The first kappa shape index (κ1) is 35.2. The molecule has 2 bridgehead atoms. The van der Waals surface area contributed by atoms with E-state index in [0.29, 0.717) is 25.7 Å². The van der Waals surface area contributed by atoms with Gasteiger partial charge in [0.1, 0.15) is 6.10 Å². The average molecular weight is 574 g/mol. The number of methoxy groups -OCH3 is 2. The maximum absolute atomic E-state index is 13.3. The molecule has 3 atom stereocenters. The molecule has 0 spiro atoms. The summed E-state index contributed by atoms with van der Waals surface area (Å²) in [6.45, 7) is 8.59. The van der Waals surface area contributed by atoms with Crippen molar-refractivity contribution in [3.05, 3.63) is 58.5 Å². The predicted molar refractivity (Wildman–Crippen MR) is 154 cm³/mol. The summed E-state index contributed by atoms with van der Waals surface area (Å²) in [4.78, 5) is 62.2. The largest absolute Gasteiger partial charge is 0.439 e. The van der Waals surface area contributed by atoms with Crippen molar-refractivity contribution >= 4 is 29.5 Å². The molecule has 0 aromatic heterocycles. The van der Waals surface area contributed by atoms with E-state index in [0.717, 1.165) is 11.6 Å². The lowest BCUT2D eigenvalue weighted by Gasteiger charge is -2.24. The summed E-state index contributed by atoms with van der Waals surface area (Å²) < 4.78 is 16.4. The highest BCUT2D eigenvalue weighted by Crippen LogP contribution is 2.24. The van der Waals surface area contributed by atoms with Gasteiger partial charge in [-0.1, -0.05) is 38.2 Å². The second-order valence-corrected chi connectivity index (χ2v) is 9.31. The van der Waals surface area contributed by atoms with Gasteiger partial charge in [-0.05, 0) is 51.5 Å². The van der Waals surface area contributed by atoms with Crippen LogP contribution in [-0.4, -0.2) is 62.0 Å². The number of fused-ring (bicyclic) bond motifs is 2. The highest BCUT2D eigenvalue weighted by molar-refractivity contribution is 6.24. The van der Waals surface area contributed by atoms with Crippen LogP contribution in [0.25, 0.3) is 0 Å². The number of carbonyl (C=O) groups excluding carboxylic acids is 5. The second-order valence-electron chi connectivity index (χ2n) is 9.31. The van der Waals surface area contributed by atoms with Gasteiger partial charge in [-0.3, -0.25) is 19.2 Å². The first-order valence-electron chi connectivity index (χ1n) is 13.6. The van der Waals surface area contributed by atoms with Gasteiger partial charge in [-0.15, -0.1) is 0 Å². The molecule has 0 aromatic rings. The van der Waals surface area contributed by atoms with E-state index in [9.17, 15) is 24.0 Å². The van der Waals surface area contributed by atoms with Crippen LogP contribution in [0.4, 0.5) is 4.79 Å². The third-order valence-corrected chi connectivity index (χ3v) is 6.40. The zero-order valence-electron chi connectivity index (χ0n) is 25.0. The number of primary amides is 1. The van der Waals surface area contributed by atoms with Crippen molar-refractivity contribution in [1.82, 2.24) is 10.6 Å². The fourth-order valence-corrected chi connectivity index (χ4v) is 4.29. The summed E-state index contributed by atoms with van der Waals surface area (Å²) >= 11 is 0. The molecule has 1 aliphatic carbocycles. The Balaban J connectivity index is 0.00000411. The summed E-state index contributed by atoms with van der Waals surface area (Å²) in [6, 6.07) is 0. The van der Waals surface area contributed by atoms with E-state index in [1.54, 1.807) is 26.2 Å². The lowest BCUT2D eigenvalue weighted by molar-refractivity contribution is -0.121. The van der Waals surface area contributed by atoms with Gasteiger partial charge in [0, 0.05) is 38.4 Å². The van der Waals surface area contributed by atoms with Crippen LogP contribution in [0, 0.1) is 0 Å². The minimum Gasteiger partial charge on any atom is -0.439 e. The molecule has 3 amide bonds. The summed E-state index contributed by atoms with van der Waals surface area (Å²) in [5, 5.41) is 4.97. The van der Waals surface area contributed by atoms with Crippen LogP contribution in [0.3, 0.4) is 0 Å². The summed E-state index contributed by atoms with van der Waals surface area (Å²) in [7, 11) is 3.04. The number of amides is 3. The molecule has 1 heterocycles. The van der Waals surface area contributed by atoms with E-state index in [1.807, 2.05) is 19.9 Å². The number of nitrogens with one attached hydrogen (secondary N) is 2. The quantitative estimate of drug-likeness (QED) is 0.340. The Morgan fingerprint density at radius 1 is 1.07 bits per heavy atom. The summed E-state index contributed by atoms with van der Waals surface area (Å²) in [6.07, 6.45) is 7.50. The maximum atomic E-state index is 13.3. The van der Waals surface area contributed by atoms with Crippen molar-refractivity contribution in [3.8, 4) is 0 Å². The van der Waals surface area contributed by atoms with Gasteiger partial charge >= 0.3 is 6.09 Å². The first-order valence-corrected chi connectivity index (χ1v) is 13.6. The topological polar surface area (TPSA) is 163 Å². The maximum Gasteiger partial charge on any atom is 0.405 e. The van der Waals surface area contributed by atoms with Crippen molar-refractivity contribution in [1.29, 1.82) is 0 Å². The van der Waals surface area contributed by atoms with Gasteiger partial charge in [-0.25, -0.2) is 4.79 Å². The fourth-order valence-electron chi connectivity index (χ4n) is 4.29. The first-order chi connectivity index (χ1) is 19.5. The zero-order chi connectivity index (χ0) is 31.1. The third-order valence-electron chi connectivity index (χ3n) is 6.40. The number of allylic oxidation sites excluding steroid dienone is 5. The van der Waals surface area contributed by atoms with Gasteiger partial charge in [0.2, 0.25) is 17.5 Å². The molecule has 0 saturated heterocycles. The number of rotatable bonds is 4. The number of Topliss-reactive ketones (excluding diaryl/α,β-unsaturated/α-hetero) is 1. The highest BCUT2D eigenvalue weighted by Gasteiger charge is 2.30.